The second-order valence-electron chi connectivity index (χ2n) is 4.64. The molecular formula is C13H19ClN2. The van der Waals surface area contributed by atoms with Gasteiger partial charge in [0.25, 0.3) is 0 Å². The molecule has 1 fully saturated rings. The maximum Gasteiger partial charge on any atom is 0.131 e. The Morgan fingerprint density at radius 3 is 2.75 bits per heavy atom. The Morgan fingerprint density at radius 1 is 1.38 bits per heavy atom. The van der Waals surface area contributed by atoms with Crippen LogP contribution in [0.5, 0.6) is 0 Å². The smallest absolute Gasteiger partial charge is 0.131 e. The topological polar surface area (TPSA) is 24.9 Å². The van der Waals surface area contributed by atoms with Crippen molar-refractivity contribution < 1.29 is 0 Å². The van der Waals surface area contributed by atoms with E-state index in [9.17, 15) is 0 Å². The number of rotatable bonds is 3. The molecule has 0 aromatic carbocycles. The lowest BCUT2D eigenvalue weighted by Crippen LogP contribution is -2.25. The van der Waals surface area contributed by atoms with E-state index >= 15 is 0 Å². The quantitative estimate of drug-likeness (QED) is 0.802. The predicted molar refractivity (Wildman–Crippen MR) is 68.9 cm³/mol. The van der Waals surface area contributed by atoms with E-state index in [1.54, 1.807) is 6.20 Å². The highest BCUT2D eigenvalue weighted by Gasteiger charge is 2.19. The monoisotopic (exact) mass is 238 g/mol. The normalized spacial score (nSPS) is 25.4. The molecule has 0 aliphatic heterocycles. The van der Waals surface area contributed by atoms with Crippen LogP contribution in [0, 0.1) is 5.92 Å². The number of hydrogen-bond acceptors (Lipinski definition) is 2. The molecule has 1 saturated carbocycles. The van der Waals surface area contributed by atoms with Crippen molar-refractivity contribution in [3.8, 4) is 0 Å². The summed E-state index contributed by atoms with van der Waals surface area (Å²) < 4.78 is 0. The van der Waals surface area contributed by atoms with E-state index in [1.807, 2.05) is 12.1 Å². The van der Waals surface area contributed by atoms with Crippen LogP contribution in [0.3, 0.4) is 0 Å². The first-order valence-corrected chi connectivity index (χ1v) is 6.54. The molecule has 0 unspecified atom stereocenters. The van der Waals surface area contributed by atoms with E-state index in [4.69, 9.17) is 11.6 Å². The lowest BCUT2D eigenvalue weighted by Gasteiger charge is -2.29. The number of halogens is 1. The zero-order valence-corrected chi connectivity index (χ0v) is 10.5. The molecule has 1 heterocycles. The Morgan fingerprint density at radius 2 is 2.12 bits per heavy atom. The lowest BCUT2D eigenvalue weighted by molar-refractivity contribution is 0.330. The second-order valence-corrected chi connectivity index (χ2v) is 5.02. The average Bonchev–Trinajstić information content (AvgIpc) is 2.30. The van der Waals surface area contributed by atoms with Gasteiger partial charge in [-0.2, -0.15) is 0 Å². The second kappa shape index (κ2) is 5.53. The minimum atomic E-state index is 0.562. The summed E-state index contributed by atoms with van der Waals surface area (Å²) in [5.41, 5.74) is 1.10. The van der Waals surface area contributed by atoms with Gasteiger partial charge >= 0.3 is 0 Å². The van der Waals surface area contributed by atoms with Crippen LogP contribution in [0.15, 0.2) is 18.3 Å². The van der Waals surface area contributed by atoms with Gasteiger partial charge in [-0.25, -0.2) is 4.98 Å². The molecule has 0 radical (unpaired) electrons. The van der Waals surface area contributed by atoms with E-state index in [0.717, 1.165) is 11.6 Å². The highest BCUT2D eigenvalue weighted by atomic mass is 35.5. The van der Waals surface area contributed by atoms with Crippen LogP contribution in [0.1, 0.15) is 39.0 Å². The van der Waals surface area contributed by atoms with Gasteiger partial charge in [-0.05, 0) is 43.7 Å². The molecule has 1 N–H and O–H groups in total. The summed E-state index contributed by atoms with van der Waals surface area (Å²) in [6.07, 6.45) is 8.34. The molecule has 1 aliphatic carbocycles. The first-order valence-electron chi connectivity index (χ1n) is 6.16. The third kappa shape index (κ3) is 3.11. The largest absolute Gasteiger partial charge is 0.382 e. The number of hydrogen-bond donors (Lipinski definition) is 1. The first-order chi connectivity index (χ1) is 7.78. The summed E-state index contributed by atoms with van der Waals surface area (Å²) in [5, 5.41) is 4.10. The van der Waals surface area contributed by atoms with Gasteiger partial charge in [-0.1, -0.05) is 24.9 Å². The molecule has 0 spiro atoms. The summed E-state index contributed by atoms with van der Waals surface area (Å²) in [6, 6.07) is 4.49. The summed E-state index contributed by atoms with van der Waals surface area (Å²) in [4.78, 5) is 3.98. The minimum Gasteiger partial charge on any atom is -0.382 e. The number of anilines is 1. The van der Waals surface area contributed by atoms with Crippen molar-refractivity contribution in [1.82, 2.24) is 4.98 Å². The van der Waals surface area contributed by atoms with Crippen LogP contribution >= 0.6 is 11.6 Å². The third-order valence-corrected chi connectivity index (χ3v) is 3.73. The van der Waals surface area contributed by atoms with E-state index in [-0.39, 0.29) is 0 Å². The minimum absolute atomic E-state index is 0.562. The maximum absolute atomic E-state index is 5.86. The standard InChI is InChI=1S/C13H19ClN2/c1-2-10-3-5-11(6-4-10)16-12-7-8-15-13(14)9-12/h7-11H,2-6H2,1H3,(H,15,16). The molecule has 0 bridgehead atoms. The highest BCUT2D eigenvalue weighted by Crippen LogP contribution is 2.28. The Labute approximate surface area is 102 Å². The highest BCUT2D eigenvalue weighted by molar-refractivity contribution is 6.29. The summed E-state index contributed by atoms with van der Waals surface area (Å²) in [5.74, 6) is 0.944. The molecule has 2 nitrogen and oxygen atoms in total. The first kappa shape index (κ1) is 11.7. The van der Waals surface area contributed by atoms with Crippen molar-refractivity contribution in [3.63, 3.8) is 0 Å². The molecule has 0 amide bonds. The maximum atomic E-state index is 5.86. The summed E-state index contributed by atoms with van der Waals surface area (Å²) in [7, 11) is 0. The number of nitrogens with zero attached hydrogens (tertiary/aromatic N) is 1. The van der Waals surface area contributed by atoms with Crippen LogP contribution < -0.4 is 5.32 Å². The van der Waals surface area contributed by atoms with Crippen molar-refractivity contribution in [3.05, 3.63) is 23.5 Å². The molecule has 3 heteroatoms. The molecule has 16 heavy (non-hydrogen) atoms. The van der Waals surface area contributed by atoms with E-state index in [1.165, 1.54) is 32.1 Å². The van der Waals surface area contributed by atoms with Gasteiger partial charge in [0.15, 0.2) is 0 Å². The van der Waals surface area contributed by atoms with Crippen molar-refractivity contribution in [1.29, 1.82) is 0 Å². The van der Waals surface area contributed by atoms with Gasteiger partial charge in [-0.15, -0.1) is 0 Å². The number of nitrogens with one attached hydrogen (secondary N) is 1. The fourth-order valence-corrected chi connectivity index (χ4v) is 2.62. The zero-order chi connectivity index (χ0) is 11.4. The Bertz CT molecular complexity index is 332. The molecule has 0 atom stereocenters. The molecule has 1 aromatic rings. The molecular weight excluding hydrogens is 220 g/mol. The third-order valence-electron chi connectivity index (χ3n) is 3.52. The van der Waals surface area contributed by atoms with Gasteiger partial charge < -0.3 is 5.32 Å². The van der Waals surface area contributed by atoms with Crippen LogP contribution in [-0.4, -0.2) is 11.0 Å². The van der Waals surface area contributed by atoms with E-state index < -0.39 is 0 Å². The molecule has 88 valence electrons. The Kier molecular flexibility index (Phi) is 4.05. The fraction of sp³-hybridized carbons (Fsp3) is 0.615. The van der Waals surface area contributed by atoms with Gasteiger partial charge in [0.05, 0.1) is 0 Å². The van der Waals surface area contributed by atoms with Gasteiger partial charge in [0.2, 0.25) is 0 Å². The van der Waals surface area contributed by atoms with Crippen molar-refractivity contribution >= 4 is 17.3 Å². The SMILES string of the molecule is CCC1CCC(Nc2ccnc(Cl)c2)CC1. The molecule has 0 saturated heterocycles. The summed E-state index contributed by atoms with van der Waals surface area (Å²) in [6.45, 7) is 2.29. The molecule has 1 aromatic heterocycles. The van der Waals surface area contributed by atoms with Crippen LogP contribution in [0.25, 0.3) is 0 Å². The Balaban J connectivity index is 1.87. The van der Waals surface area contributed by atoms with Crippen LogP contribution in [0.4, 0.5) is 5.69 Å². The molecule has 1 aliphatic rings. The van der Waals surface area contributed by atoms with Gasteiger partial charge in [0.1, 0.15) is 5.15 Å². The van der Waals surface area contributed by atoms with Gasteiger partial charge in [-0.3, -0.25) is 0 Å². The fourth-order valence-electron chi connectivity index (χ4n) is 2.44. The van der Waals surface area contributed by atoms with Gasteiger partial charge in [0, 0.05) is 17.9 Å². The lowest BCUT2D eigenvalue weighted by atomic mass is 9.84. The summed E-state index contributed by atoms with van der Waals surface area (Å²) >= 11 is 5.86. The van der Waals surface area contributed by atoms with Crippen molar-refractivity contribution in [2.75, 3.05) is 5.32 Å². The predicted octanol–water partition coefficient (Wildman–Crippen LogP) is 4.12. The average molecular weight is 239 g/mol. The molecule has 2 rings (SSSR count). The van der Waals surface area contributed by atoms with Crippen LogP contribution in [0.2, 0.25) is 5.15 Å². The van der Waals surface area contributed by atoms with Crippen molar-refractivity contribution in [2.45, 2.75) is 45.1 Å². The zero-order valence-electron chi connectivity index (χ0n) is 9.75. The van der Waals surface area contributed by atoms with E-state index in [0.29, 0.717) is 11.2 Å². The Hall–Kier alpha value is -0.760. The van der Waals surface area contributed by atoms with Crippen molar-refractivity contribution in [2.24, 2.45) is 5.92 Å². The van der Waals surface area contributed by atoms with E-state index in [2.05, 4.69) is 17.2 Å². The number of pyridine rings is 1. The van der Waals surface area contributed by atoms with Crippen LogP contribution in [-0.2, 0) is 0 Å². The number of aromatic nitrogens is 1.